The summed E-state index contributed by atoms with van der Waals surface area (Å²) in [4.78, 5) is 2.66. The number of fused-ring (bicyclic) bond motifs is 2. The number of halogens is 1. The highest BCUT2D eigenvalue weighted by molar-refractivity contribution is 7.99. The molecule has 3 heteroatoms. The maximum Gasteiger partial charge on any atom is 0.123 e. The van der Waals surface area contributed by atoms with Crippen LogP contribution in [0.5, 0.6) is 0 Å². The lowest BCUT2D eigenvalue weighted by molar-refractivity contribution is 0.627. The van der Waals surface area contributed by atoms with E-state index >= 15 is 0 Å². The van der Waals surface area contributed by atoms with Crippen molar-refractivity contribution < 1.29 is 4.39 Å². The molecule has 0 saturated carbocycles. The summed E-state index contributed by atoms with van der Waals surface area (Å²) >= 11 is 1.85. The van der Waals surface area contributed by atoms with E-state index in [1.165, 1.54) is 38.6 Å². The third-order valence-corrected chi connectivity index (χ3v) is 6.52. The molecular weight excluding hydrogens is 377 g/mol. The average Bonchev–Trinajstić information content (AvgIpc) is 2.77. The van der Waals surface area contributed by atoms with E-state index in [2.05, 4.69) is 78.1 Å². The first kappa shape index (κ1) is 18.0. The number of nitrogens with one attached hydrogen (secondary N) is 1. The predicted molar refractivity (Wildman–Crippen MR) is 118 cm³/mol. The standard InChI is InChI=1S/C26H20FNS/c27-20-13-9-18(10-14-20)17-28-21-15-11-19(12-16-21)26-22-5-1-3-7-24(22)29-25-8-4-2-6-23(25)26/h1-16,26,28H,17H2. The topological polar surface area (TPSA) is 12.0 Å². The van der Waals surface area contributed by atoms with Gasteiger partial charge in [-0.1, -0.05) is 72.4 Å². The van der Waals surface area contributed by atoms with Gasteiger partial charge in [0.05, 0.1) is 0 Å². The molecule has 5 rings (SSSR count). The number of hydrogen-bond donors (Lipinski definition) is 1. The van der Waals surface area contributed by atoms with E-state index in [9.17, 15) is 4.39 Å². The first-order chi connectivity index (χ1) is 14.3. The van der Waals surface area contributed by atoms with Crippen LogP contribution in [0.1, 0.15) is 28.2 Å². The van der Waals surface area contributed by atoms with Gasteiger partial charge in [-0.2, -0.15) is 0 Å². The van der Waals surface area contributed by atoms with E-state index in [0.29, 0.717) is 6.54 Å². The second-order valence-corrected chi connectivity index (χ2v) is 8.30. The Bertz CT molecular complexity index is 1090. The molecule has 0 fully saturated rings. The van der Waals surface area contributed by atoms with Gasteiger partial charge in [-0.25, -0.2) is 4.39 Å². The number of rotatable bonds is 4. The average molecular weight is 398 g/mol. The van der Waals surface area contributed by atoms with Gasteiger partial charge in [0, 0.05) is 27.9 Å². The highest BCUT2D eigenvalue weighted by atomic mass is 32.2. The molecule has 0 unspecified atom stereocenters. The van der Waals surface area contributed by atoms with Gasteiger partial charge < -0.3 is 5.32 Å². The lowest BCUT2D eigenvalue weighted by Crippen LogP contribution is -2.10. The molecule has 1 nitrogen and oxygen atoms in total. The smallest absolute Gasteiger partial charge is 0.123 e. The molecule has 0 bridgehead atoms. The van der Waals surface area contributed by atoms with Gasteiger partial charge in [-0.15, -0.1) is 0 Å². The summed E-state index contributed by atoms with van der Waals surface area (Å²) in [5.74, 6) is 0.0408. The summed E-state index contributed by atoms with van der Waals surface area (Å²) in [5, 5.41) is 3.42. The van der Waals surface area contributed by atoms with E-state index < -0.39 is 0 Å². The van der Waals surface area contributed by atoms with Crippen molar-refractivity contribution in [2.45, 2.75) is 22.3 Å². The molecule has 0 aromatic heterocycles. The van der Waals surface area contributed by atoms with Gasteiger partial charge in [-0.05, 0) is 58.7 Å². The minimum Gasteiger partial charge on any atom is -0.381 e. The van der Waals surface area contributed by atoms with Crippen molar-refractivity contribution in [1.29, 1.82) is 0 Å². The molecule has 0 radical (unpaired) electrons. The molecule has 1 N–H and O–H groups in total. The molecule has 1 heterocycles. The van der Waals surface area contributed by atoms with Crippen molar-refractivity contribution in [2.24, 2.45) is 0 Å². The van der Waals surface area contributed by atoms with E-state index in [0.717, 1.165) is 11.3 Å². The predicted octanol–water partition coefficient (Wildman–Crippen LogP) is 7.08. The Morgan fingerprint density at radius 3 is 1.90 bits per heavy atom. The van der Waals surface area contributed by atoms with Crippen LogP contribution in [0.2, 0.25) is 0 Å². The second-order valence-electron chi connectivity index (χ2n) is 7.21. The molecule has 4 aromatic rings. The van der Waals surface area contributed by atoms with E-state index in [4.69, 9.17) is 0 Å². The number of anilines is 1. The molecule has 142 valence electrons. The Balaban J connectivity index is 1.42. The fourth-order valence-corrected chi connectivity index (χ4v) is 5.01. The van der Waals surface area contributed by atoms with Crippen molar-refractivity contribution in [3.05, 3.63) is 125 Å². The lowest BCUT2D eigenvalue weighted by atomic mass is 9.84. The maximum atomic E-state index is 13.1. The molecule has 0 saturated heterocycles. The summed E-state index contributed by atoms with van der Waals surface area (Å²) in [6, 6.07) is 32.7. The van der Waals surface area contributed by atoms with Crippen molar-refractivity contribution in [1.82, 2.24) is 0 Å². The Labute approximate surface area is 174 Å². The third-order valence-electron chi connectivity index (χ3n) is 5.33. The fraction of sp³-hybridized carbons (Fsp3) is 0.0769. The van der Waals surface area contributed by atoms with Crippen LogP contribution < -0.4 is 5.32 Å². The van der Waals surface area contributed by atoms with Gasteiger partial charge in [0.1, 0.15) is 5.82 Å². The van der Waals surface area contributed by atoms with Crippen LogP contribution in [0.25, 0.3) is 0 Å². The van der Waals surface area contributed by atoms with E-state index in [1.807, 2.05) is 23.9 Å². The molecule has 0 atom stereocenters. The lowest BCUT2D eigenvalue weighted by Gasteiger charge is -2.28. The van der Waals surface area contributed by atoms with Gasteiger partial charge in [-0.3, -0.25) is 0 Å². The summed E-state index contributed by atoms with van der Waals surface area (Å²) in [7, 11) is 0. The second kappa shape index (κ2) is 7.76. The first-order valence-electron chi connectivity index (χ1n) is 9.72. The largest absolute Gasteiger partial charge is 0.381 e. The molecule has 0 spiro atoms. The van der Waals surface area contributed by atoms with Gasteiger partial charge in [0.15, 0.2) is 0 Å². The van der Waals surface area contributed by atoms with Crippen LogP contribution in [0.4, 0.5) is 10.1 Å². The minimum absolute atomic E-state index is 0.204. The SMILES string of the molecule is Fc1ccc(CNc2ccc(C3c4ccccc4Sc4ccccc43)cc2)cc1. The zero-order chi connectivity index (χ0) is 19.6. The highest BCUT2D eigenvalue weighted by Gasteiger charge is 2.26. The van der Waals surface area contributed by atoms with Crippen molar-refractivity contribution in [3.63, 3.8) is 0 Å². The van der Waals surface area contributed by atoms with E-state index in [1.54, 1.807) is 0 Å². The summed E-state index contributed by atoms with van der Waals surface area (Å²) < 4.78 is 13.1. The van der Waals surface area contributed by atoms with Crippen LogP contribution in [0.15, 0.2) is 107 Å². The monoisotopic (exact) mass is 397 g/mol. The molecule has 4 aromatic carbocycles. The van der Waals surface area contributed by atoms with Gasteiger partial charge in [0.2, 0.25) is 0 Å². The third kappa shape index (κ3) is 3.66. The molecule has 1 aliphatic rings. The number of benzene rings is 4. The normalized spacial score (nSPS) is 12.9. The van der Waals surface area contributed by atoms with Gasteiger partial charge >= 0.3 is 0 Å². The van der Waals surface area contributed by atoms with Crippen LogP contribution in [-0.4, -0.2) is 0 Å². The summed E-state index contributed by atoms with van der Waals surface area (Å²) in [5.41, 5.74) is 6.14. The van der Waals surface area contributed by atoms with Crippen LogP contribution in [0.3, 0.4) is 0 Å². The zero-order valence-electron chi connectivity index (χ0n) is 15.8. The van der Waals surface area contributed by atoms with Crippen molar-refractivity contribution in [3.8, 4) is 0 Å². The van der Waals surface area contributed by atoms with Crippen LogP contribution in [-0.2, 0) is 6.54 Å². The number of hydrogen-bond acceptors (Lipinski definition) is 2. The first-order valence-corrected chi connectivity index (χ1v) is 10.5. The molecule has 0 amide bonds. The molecule has 1 aliphatic heterocycles. The quantitative estimate of drug-likeness (QED) is 0.348. The summed E-state index contributed by atoms with van der Waals surface area (Å²) in [6.45, 7) is 0.672. The fourth-order valence-electron chi connectivity index (χ4n) is 3.87. The minimum atomic E-state index is -0.204. The Hall–Kier alpha value is -3.04. The highest BCUT2D eigenvalue weighted by Crippen LogP contribution is 2.48. The Kier molecular flexibility index (Phi) is 4.82. The zero-order valence-corrected chi connectivity index (χ0v) is 16.6. The molecular formula is C26H20FNS. The Morgan fingerprint density at radius 2 is 1.28 bits per heavy atom. The Morgan fingerprint density at radius 1 is 0.690 bits per heavy atom. The van der Waals surface area contributed by atoms with Crippen molar-refractivity contribution >= 4 is 17.4 Å². The molecule has 0 aliphatic carbocycles. The summed E-state index contributed by atoms with van der Waals surface area (Å²) in [6.07, 6.45) is 0. The van der Waals surface area contributed by atoms with Crippen LogP contribution in [0, 0.1) is 5.82 Å². The molecule has 29 heavy (non-hydrogen) atoms. The van der Waals surface area contributed by atoms with Crippen molar-refractivity contribution in [2.75, 3.05) is 5.32 Å². The van der Waals surface area contributed by atoms with Crippen LogP contribution >= 0.6 is 11.8 Å². The van der Waals surface area contributed by atoms with Gasteiger partial charge in [0.25, 0.3) is 0 Å². The van der Waals surface area contributed by atoms with E-state index in [-0.39, 0.29) is 11.7 Å². The maximum absolute atomic E-state index is 13.1.